The zero-order valence-corrected chi connectivity index (χ0v) is 19.0. The number of hydrogen-bond acceptors (Lipinski definition) is 4. The molecule has 7 heteroatoms. The zero-order chi connectivity index (χ0) is 21.3. The molecule has 1 amide bonds. The van der Waals surface area contributed by atoms with Gasteiger partial charge in [0.25, 0.3) is 5.91 Å². The molecule has 1 saturated carbocycles. The van der Waals surface area contributed by atoms with Gasteiger partial charge in [-0.05, 0) is 69.6 Å². The first-order valence-corrected chi connectivity index (χ1v) is 12.9. The highest BCUT2D eigenvalue weighted by atomic mass is 32.2. The number of fused-ring (bicyclic) bond motifs is 1. The lowest BCUT2D eigenvalue weighted by Crippen LogP contribution is -2.49. The summed E-state index contributed by atoms with van der Waals surface area (Å²) in [6, 6.07) is 5.15. The van der Waals surface area contributed by atoms with Crippen LogP contribution in [0.5, 0.6) is 5.75 Å². The van der Waals surface area contributed by atoms with Crippen LogP contribution in [0.15, 0.2) is 23.1 Å². The van der Waals surface area contributed by atoms with Gasteiger partial charge in [0, 0.05) is 30.7 Å². The van der Waals surface area contributed by atoms with Crippen LogP contribution >= 0.6 is 0 Å². The molecule has 0 N–H and O–H groups in total. The van der Waals surface area contributed by atoms with Crippen LogP contribution in [0.3, 0.4) is 0 Å². The first-order chi connectivity index (χ1) is 14.4. The lowest BCUT2D eigenvalue weighted by atomic mass is 9.78. The number of carbonyl (C=O) groups is 1. The largest absolute Gasteiger partial charge is 0.495 e. The van der Waals surface area contributed by atoms with Gasteiger partial charge in [-0.1, -0.05) is 19.3 Å². The van der Waals surface area contributed by atoms with Crippen LogP contribution in [0, 0.1) is 5.92 Å². The summed E-state index contributed by atoms with van der Waals surface area (Å²) in [4.78, 5) is 15.6. The monoisotopic (exact) mass is 434 g/mol. The lowest BCUT2D eigenvalue weighted by Gasteiger charge is -2.44. The van der Waals surface area contributed by atoms with Gasteiger partial charge < -0.3 is 9.64 Å². The van der Waals surface area contributed by atoms with E-state index >= 15 is 0 Å². The van der Waals surface area contributed by atoms with E-state index in [9.17, 15) is 13.2 Å². The second-order valence-corrected chi connectivity index (χ2v) is 10.9. The quantitative estimate of drug-likeness (QED) is 0.717. The average Bonchev–Trinajstić information content (AvgIpc) is 2.78. The third-order valence-corrected chi connectivity index (χ3v) is 9.28. The number of piperidine rings is 2. The molecule has 0 spiro atoms. The number of amides is 1. The highest BCUT2D eigenvalue weighted by Gasteiger charge is 2.37. The average molecular weight is 435 g/mol. The van der Waals surface area contributed by atoms with Gasteiger partial charge in [-0.15, -0.1) is 0 Å². The lowest BCUT2D eigenvalue weighted by molar-refractivity contribution is 0.0390. The molecule has 3 aliphatic rings. The predicted octanol–water partition coefficient (Wildman–Crippen LogP) is 4.05. The van der Waals surface area contributed by atoms with Crippen molar-refractivity contribution in [3.05, 3.63) is 23.8 Å². The maximum Gasteiger partial charge on any atom is 0.254 e. The molecule has 1 aliphatic carbocycles. The SMILES string of the molecule is COc1ccc(C(=O)N2CCCC3CCCCC32)cc1S(=O)(=O)N1CCCCC1C. The summed E-state index contributed by atoms with van der Waals surface area (Å²) >= 11 is 0. The Labute approximate surface area is 180 Å². The van der Waals surface area contributed by atoms with Crippen molar-refractivity contribution in [1.82, 2.24) is 9.21 Å². The smallest absolute Gasteiger partial charge is 0.254 e. The second-order valence-electron chi connectivity index (χ2n) is 9.08. The number of rotatable bonds is 4. The fourth-order valence-corrected chi connectivity index (χ4v) is 7.49. The van der Waals surface area contributed by atoms with Crippen molar-refractivity contribution in [1.29, 1.82) is 0 Å². The Kier molecular flexibility index (Phi) is 6.39. The van der Waals surface area contributed by atoms with Crippen LogP contribution in [0.4, 0.5) is 0 Å². The number of nitrogens with zero attached hydrogens (tertiary/aromatic N) is 2. The van der Waals surface area contributed by atoms with Gasteiger partial charge in [-0.25, -0.2) is 8.42 Å². The van der Waals surface area contributed by atoms with E-state index in [1.807, 2.05) is 11.8 Å². The fraction of sp³-hybridized carbons (Fsp3) is 0.696. The first kappa shape index (κ1) is 21.6. The van der Waals surface area contributed by atoms with Crippen LogP contribution in [0.25, 0.3) is 0 Å². The molecular weight excluding hydrogens is 400 g/mol. The minimum Gasteiger partial charge on any atom is -0.495 e. The van der Waals surface area contributed by atoms with Crippen molar-refractivity contribution in [2.24, 2.45) is 5.92 Å². The van der Waals surface area contributed by atoms with Gasteiger partial charge in [0.05, 0.1) is 7.11 Å². The number of carbonyl (C=O) groups excluding carboxylic acids is 1. The van der Waals surface area contributed by atoms with E-state index in [1.165, 1.54) is 32.8 Å². The topological polar surface area (TPSA) is 66.9 Å². The van der Waals surface area contributed by atoms with Gasteiger partial charge in [-0.3, -0.25) is 4.79 Å². The first-order valence-electron chi connectivity index (χ1n) is 11.4. The number of hydrogen-bond donors (Lipinski definition) is 0. The summed E-state index contributed by atoms with van der Waals surface area (Å²) in [5.74, 6) is 0.850. The van der Waals surface area contributed by atoms with Crippen LogP contribution < -0.4 is 4.74 Å². The summed E-state index contributed by atoms with van der Waals surface area (Å²) in [6.07, 6.45) is 9.66. The highest BCUT2D eigenvalue weighted by molar-refractivity contribution is 7.89. The Morgan fingerprint density at radius 1 is 1.00 bits per heavy atom. The number of benzene rings is 1. The maximum atomic E-state index is 13.5. The third-order valence-electron chi connectivity index (χ3n) is 7.24. The molecule has 0 aromatic heterocycles. The van der Waals surface area contributed by atoms with Crippen molar-refractivity contribution in [2.45, 2.75) is 81.7 Å². The van der Waals surface area contributed by atoms with E-state index in [-0.39, 0.29) is 16.8 Å². The third kappa shape index (κ3) is 3.98. The minimum atomic E-state index is -3.73. The maximum absolute atomic E-state index is 13.5. The van der Waals surface area contributed by atoms with E-state index in [2.05, 4.69) is 0 Å². The predicted molar refractivity (Wildman–Crippen MR) is 116 cm³/mol. The fourth-order valence-electron chi connectivity index (χ4n) is 5.61. The van der Waals surface area contributed by atoms with Gasteiger partial charge in [-0.2, -0.15) is 4.31 Å². The van der Waals surface area contributed by atoms with Gasteiger partial charge >= 0.3 is 0 Å². The Morgan fingerprint density at radius 2 is 1.73 bits per heavy atom. The molecule has 1 aromatic carbocycles. The number of likely N-dealkylation sites (tertiary alicyclic amines) is 1. The Bertz CT molecular complexity index is 883. The normalized spacial score (nSPS) is 28.1. The zero-order valence-electron chi connectivity index (χ0n) is 18.2. The Balaban J connectivity index is 1.66. The molecule has 30 heavy (non-hydrogen) atoms. The molecule has 2 saturated heterocycles. The molecule has 3 unspecified atom stereocenters. The van der Waals surface area contributed by atoms with Crippen molar-refractivity contribution >= 4 is 15.9 Å². The van der Waals surface area contributed by atoms with Crippen molar-refractivity contribution < 1.29 is 17.9 Å². The van der Waals surface area contributed by atoms with Crippen molar-refractivity contribution in [2.75, 3.05) is 20.2 Å². The molecule has 2 aliphatic heterocycles. The molecule has 4 rings (SSSR count). The molecule has 0 radical (unpaired) electrons. The van der Waals surface area contributed by atoms with E-state index in [0.29, 0.717) is 29.8 Å². The van der Waals surface area contributed by atoms with Crippen LogP contribution in [0.2, 0.25) is 0 Å². The number of methoxy groups -OCH3 is 1. The van der Waals surface area contributed by atoms with Gasteiger partial charge in [0.2, 0.25) is 10.0 Å². The highest BCUT2D eigenvalue weighted by Crippen LogP contribution is 2.37. The molecule has 1 aromatic rings. The van der Waals surface area contributed by atoms with Crippen LogP contribution in [-0.2, 0) is 10.0 Å². The van der Waals surface area contributed by atoms with Crippen molar-refractivity contribution in [3.63, 3.8) is 0 Å². The molecule has 3 fully saturated rings. The van der Waals surface area contributed by atoms with Crippen LogP contribution in [0.1, 0.15) is 75.1 Å². The molecular formula is C23H34N2O4S. The Hall–Kier alpha value is -1.60. The molecule has 2 heterocycles. The number of ether oxygens (including phenoxy) is 1. The molecule has 3 atom stereocenters. The van der Waals surface area contributed by atoms with Crippen molar-refractivity contribution in [3.8, 4) is 5.75 Å². The summed E-state index contributed by atoms with van der Waals surface area (Å²) < 4.78 is 33.9. The van der Waals surface area contributed by atoms with Gasteiger partial charge in [0.15, 0.2) is 0 Å². The van der Waals surface area contributed by atoms with E-state index in [0.717, 1.165) is 38.6 Å². The summed E-state index contributed by atoms with van der Waals surface area (Å²) in [6.45, 7) is 3.23. The van der Waals surface area contributed by atoms with E-state index in [1.54, 1.807) is 22.5 Å². The van der Waals surface area contributed by atoms with Crippen LogP contribution in [-0.4, -0.2) is 55.8 Å². The summed E-state index contributed by atoms with van der Waals surface area (Å²) in [5, 5.41) is 0. The summed E-state index contributed by atoms with van der Waals surface area (Å²) in [7, 11) is -2.25. The number of sulfonamides is 1. The molecule has 0 bridgehead atoms. The molecule has 6 nitrogen and oxygen atoms in total. The summed E-state index contributed by atoms with van der Waals surface area (Å²) in [5.41, 5.74) is 0.449. The second kappa shape index (κ2) is 8.87. The van der Waals surface area contributed by atoms with Gasteiger partial charge in [0.1, 0.15) is 10.6 Å². The van der Waals surface area contributed by atoms with E-state index < -0.39 is 10.0 Å². The standard InChI is InChI=1S/C23H34N2O4S/c1-17-8-5-6-15-25(17)30(27,28)22-16-19(12-13-21(22)29-2)23(26)24-14-7-10-18-9-3-4-11-20(18)24/h12-13,16-18,20H,3-11,14-15H2,1-2H3. The van der Waals surface area contributed by atoms with E-state index in [4.69, 9.17) is 4.74 Å². The Morgan fingerprint density at radius 3 is 2.50 bits per heavy atom. The molecule has 166 valence electrons. The minimum absolute atomic E-state index is 0.0436.